The number of rotatable bonds is 5. The van der Waals surface area contributed by atoms with Crippen molar-refractivity contribution in [2.45, 2.75) is 0 Å². The Bertz CT molecular complexity index is 801. The lowest BCUT2D eigenvalue weighted by atomic mass is 10.1. The van der Waals surface area contributed by atoms with E-state index in [0.717, 1.165) is 0 Å². The van der Waals surface area contributed by atoms with E-state index in [-0.39, 0.29) is 11.5 Å². The molecule has 0 bridgehead atoms. The molecule has 2 aromatic carbocycles. The number of carbonyl (C=O) groups excluding carboxylic acids is 1. The van der Waals surface area contributed by atoms with E-state index in [2.05, 4.69) is 15.9 Å². The summed E-state index contributed by atoms with van der Waals surface area (Å²) in [5.74, 6) is -0.842. The Hall–Kier alpha value is -2.67. The third-order valence-corrected chi connectivity index (χ3v) is 3.75. The summed E-state index contributed by atoms with van der Waals surface area (Å²) in [6.45, 7) is 0. The van der Waals surface area contributed by atoms with E-state index in [9.17, 15) is 20.0 Å². The Morgan fingerprint density at radius 1 is 1.35 bits per heavy atom. The van der Waals surface area contributed by atoms with Gasteiger partial charge in [0.1, 0.15) is 0 Å². The summed E-state index contributed by atoms with van der Waals surface area (Å²) in [5.41, 5.74) is 0.355. The normalized spacial score (nSPS) is 10.7. The van der Waals surface area contributed by atoms with Crippen LogP contribution in [0.15, 0.2) is 46.9 Å². The Labute approximate surface area is 140 Å². The van der Waals surface area contributed by atoms with Gasteiger partial charge in [0.25, 0.3) is 0 Å². The van der Waals surface area contributed by atoms with Crippen LogP contribution in [0.5, 0.6) is 11.5 Å². The predicted octanol–water partition coefficient (Wildman–Crippen LogP) is 3.97. The average molecular weight is 378 g/mol. The maximum Gasteiger partial charge on any atom is 0.315 e. The van der Waals surface area contributed by atoms with Crippen molar-refractivity contribution >= 4 is 33.5 Å². The van der Waals surface area contributed by atoms with Crippen LogP contribution in [0.4, 0.5) is 5.69 Å². The van der Waals surface area contributed by atoms with Crippen molar-refractivity contribution in [3.8, 4) is 11.5 Å². The first-order valence-corrected chi connectivity index (χ1v) is 7.25. The maximum atomic E-state index is 12.1. The van der Waals surface area contributed by atoms with Gasteiger partial charge in [0.15, 0.2) is 11.5 Å². The van der Waals surface area contributed by atoms with Crippen LogP contribution in [0.1, 0.15) is 15.9 Å². The van der Waals surface area contributed by atoms with Crippen LogP contribution in [0.2, 0.25) is 0 Å². The quantitative estimate of drug-likeness (QED) is 0.368. The third kappa shape index (κ3) is 3.75. The van der Waals surface area contributed by atoms with Crippen molar-refractivity contribution in [1.29, 1.82) is 0 Å². The van der Waals surface area contributed by atoms with Crippen LogP contribution in [0, 0.1) is 10.1 Å². The van der Waals surface area contributed by atoms with E-state index >= 15 is 0 Å². The van der Waals surface area contributed by atoms with Crippen LogP contribution >= 0.6 is 15.9 Å². The molecule has 0 aliphatic heterocycles. The topological polar surface area (TPSA) is 89.7 Å². The molecule has 0 amide bonds. The van der Waals surface area contributed by atoms with Gasteiger partial charge < -0.3 is 9.84 Å². The van der Waals surface area contributed by atoms with E-state index in [1.807, 2.05) is 0 Å². The Kier molecular flexibility index (Phi) is 5.13. The molecule has 6 nitrogen and oxygen atoms in total. The number of benzene rings is 2. The summed E-state index contributed by atoms with van der Waals surface area (Å²) in [5, 5.41) is 20.7. The molecule has 1 N–H and O–H groups in total. The highest BCUT2D eigenvalue weighted by molar-refractivity contribution is 9.10. The number of allylic oxidation sites excluding steroid dienone is 1. The van der Waals surface area contributed by atoms with E-state index in [1.54, 1.807) is 24.3 Å². The number of hydrogen-bond donors (Lipinski definition) is 1. The number of ketones is 1. The van der Waals surface area contributed by atoms with Gasteiger partial charge in [0, 0.05) is 16.1 Å². The lowest BCUT2D eigenvalue weighted by Crippen LogP contribution is -1.96. The zero-order chi connectivity index (χ0) is 17.0. The second kappa shape index (κ2) is 7.06. The number of halogens is 1. The van der Waals surface area contributed by atoms with Crippen molar-refractivity contribution in [2.24, 2.45) is 0 Å². The Morgan fingerprint density at radius 2 is 2.04 bits per heavy atom. The Morgan fingerprint density at radius 3 is 2.65 bits per heavy atom. The monoisotopic (exact) mass is 377 g/mol. The first kappa shape index (κ1) is 16.7. The molecule has 0 atom stereocenters. The largest absolute Gasteiger partial charge is 0.500 e. The van der Waals surface area contributed by atoms with E-state index in [0.29, 0.717) is 15.6 Å². The fourth-order valence-electron chi connectivity index (χ4n) is 1.93. The van der Waals surface area contributed by atoms with Gasteiger partial charge >= 0.3 is 5.69 Å². The van der Waals surface area contributed by atoms with Crippen LogP contribution in [-0.2, 0) is 0 Å². The van der Waals surface area contributed by atoms with Crippen LogP contribution in [0.3, 0.4) is 0 Å². The molecule has 118 valence electrons. The third-order valence-electron chi connectivity index (χ3n) is 3.06. The molecular formula is C16H12BrNO5. The number of aromatic hydroxyl groups is 1. The number of phenolic OH excluding ortho intramolecular Hbond substituents is 1. The molecule has 0 spiro atoms. The number of ether oxygens (including phenoxy) is 1. The van der Waals surface area contributed by atoms with Crippen molar-refractivity contribution < 1.29 is 19.6 Å². The first-order chi connectivity index (χ1) is 10.9. The molecule has 2 rings (SSSR count). The zero-order valence-corrected chi connectivity index (χ0v) is 13.6. The second-order valence-electron chi connectivity index (χ2n) is 4.53. The molecule has 0 aliphatic rings. The van der Waals surface area contributed by atoms with Gasteiger partial charge in [-0.2, -0.15) is 0 Å². The smallest absolute Gasteiger partial charge is 0.315 e. The fourth-order valence-corrected chi connectivity index (χ4v) is 2.41. The molecule has 0 saturated heterocycles. The summed E-state index contributed by atoms with van der Waals surface area (Å²) in [6.07, 6.45) is 2.73. The summed E-state index contributed by atoms with van der Waals surface area (Å²) in [4.78, 5) is 22.4. The summed E-state index contributed by atoms with van der Waals surface area (Å²) in [6, 6.07) is 9.51. The summed E-state index contributed by atoms with van der Waals surface area (Å²) < 4.78 is 5.56. The van der Waals surface area contributed by atoms with Gasteiger partial charge in [0.2, 0.25) is 5.75 Å². The number of nitrogens with zero attached hydrogens (tertiary/aromatic N) is 1. The van der Waals surface area contributed by atoms with Gasteiger partial charge in [0.05, 0.1) is 12.0 Å². The molecule has 0 radical (unpaired) electrons. The summed E-state index contributed by atoms with van der Waals surface area (Å²) in [7, 11) is 1.29. The molecule has 0 unspecified atom stereocenters. The minimum Gasteiger partial charge on any atom is -0.500 e. The van der Waals surface area contributed by atoms with Crippen molar-refractivity contribution in [3.05, 3.63) is 68.2 Å². The maximum absolute atomic E-state index is 12.1. The molecule has 2 aromatic rings. The highest BCUT2D eigenvalue weighted by atomic mass is 79.9. The number of nitro benzene ring substituents is 1. The number of carbonyl (C=O) groups is 1. The van der Waals surface area contributed by atoms with Crippen molar-refractivity contribution in [3.63, 3.8) is 0 Å². The lowest BCUT2D eigenvalue weighted by molar-refractivity contribution is -0.386. The minimum atomic E-state index is -0.717. The highest BCUT2D eigenvalue weighted by Crippen LogP contribution is 2.37. The molecular weight excluding hydrogens is 366 g/mol. The van der Waals surface area contributed by atoms with E-state index in [4.69, 9.17) is 4.74 Å². The van der Waals surface area contributed by atoms with Gasteiger partial charge in [-0.05, 0) is 29.8 Å². The van der Waals surface area contributed by atoms with Crippen LogP contribution in [-0.4, -0.2) is 22.9 Å². The molecule has 0 aliphatic carbocycles. The van der Waals surface area contributed by atoms with Gasteiger partial charge in [-0.25, -0.2) is 0 Å². The zero-order valence-electron chi connectivity index (χ0n) is 12.0. The standard InChI is InChI=1S/C16H12BrNO5/c1-23-15-9-10(8-13(16(15)20)18(21)22)6-7-14(19)11-4-2-3-5-12(11)17/h2-9,20H,1H3/b7-6+. The van der Waals surface area contributed by atoms with E-state index in [1.165, 1.54) is 31.4 Å². The molecule has 7 heteroatoms. The summed E-state index contributed by atoms with van der Waals surface area (Å²) >= 11 is 3.29. The Balaban J connectivity index is 2.36. The minimum absolute atomic E-state index is 0.0350. The first-order valence-electron chi connectivity index (χ1n) is 6.46. The molecule has 0 aromatic heterocycles. The van der Waals surface area contributed by atoms with Crippen molar-refractivity contribution in [2.75, 3.05) is 7.11 Å². The van der Waals surface area contributed by atoms with Crippen LogP contribution in [0.25, 0.3) is 6.08 Å². The van der Waals surface area contributed by atoms with Crippen molar-refractivity contribution in [1.82, 2.24) is 0 Å². The van der Waals surface area contributed by atoms with Gasteiger partial charge in [-0.3, -0.25) is 14.9 Å². The fraction of sp³-hybridized carbons (Fsp3) is 0.0625. The number of nitro groups is 1. The van der Waals surface area contributed by atoms with Gasteiger partial charge in [-0.1, -0.05) is 34.1 Å². The molecule has 0 fully saturated rings. The molecule has 0 saturated carbocycles. The lowest BCUT2D eigenvalue weighted by Gasteiger charge is -2.05. The van der Waals surface area contributed by atoms with Crippen LogP contribution < -0.4 is 4.74 Å². The predicted molar refractivity (Wildman–Crippen MR) is 88.8 cm³/mol. The van der Waals surface area contributed by atoms with E-state index < -0.39 is 16.4 Å². The number of methoxy groups -OCH3 is 1. The molecule has 23 heavy (non-hydrogen) atoms. The number of phenols is 1. The second-order valence-corrected chi connectivity index (χ2v) is 5.38. The SMILES string of the molecule is COc1cc(/C=C/C(=O)c2ccccc2Br)cc([N+](=O)[O-])c1O. The van der Waals surface area contributed by atoms with Gasteiger partial charge in [-0.15, -0.1) is 0 Å². The highest BCUT2D eigenvalue weighted by Gasteiger charge is 2.19. The molecule has 0 heterocycles. The average Bonchev–Trinajstić information content (AvgIpc) is 2.53. The number of hydrogen-bond acceptors (Lipinski definition) is 5.